The molecule has 0 spiro atoms. The van der Waals surface area contributed by atoms with E-state index in [1.807, 2.05) is 25.4 Å². The summed E-state index contributed by atoms with van der Waals surface area (Å²) >= 11 is 6.03. The van der Waals surface area contributed by atoms with E-state index >= 15 is 0 Å². The molecule has 0 saturated carbocycles. The first-order chi connectivity index (χ1) is 7.26. The van der Waals surface area contributed by atoms with E-state index in [4.69, 9.17) is 16.3 Å². The van der Waals surface area contributed by atoms with E-state index < -0.39 is 0 Å². The van der Waals surface area contributed by atoms with Crippen LogP contribution in [0.2, 0.25) is 5.02 Å². The van der Waals surface area contributed by atoms with Crippen molar-refractivity contribution in [1.29, 1.82) is 0 Å². The Kier molecular flexibility index (Phi) is 2.84. The molecule has 1 aromatic carbocycles. The lowest BCUT2D eigenvalue weighted by Crippen LogP contribution is -2.03. The number of aromatic amines is 1. The topological polar surface area (TPSA) is 37.0 Å². The lowest BCUT2D eigenvalue weighted by atomic mass is 10.1. The Hall–Kier alpha value is -1.19. The molecule has 4 heteroatoms. The lowest BCUT2D eigenvalue weighted by Gasteiger charge is -2.04. The first-order valence-corrected chi connectivity index (χ1v) is 5.12. The number of hydrogen-bond donors (Lipinski definition) is 2. The second-order valence-electron chi connectivity index (χ2n) is 3.38. The predicted octanol–water partition coefficient (Wildman–Crippen LogP) is 2.55. The van der Waals surface area contributed by atoms with Crippen molar-refractivity contribution in [3.8, 4) is 5.75 Å². The fourth-order valence-corrected chi connectivity index (χ4v) is 1.92. The minimum absolute atomic E-state index is 0.628. The minimum atomic E-state index is 0.628. The Morgan fingerprint density at radius 3 is 2.93 bits per heavy atom. The molecule has 2 rings (SSSR count). The molecule has 1 heterocycles. The van der Waals surface area contributed by atoms with E-state index in [0.717, 1.165) is 17.4 Å². The van der Waals surface area contributed by atoms with Gasteiger partial charge < -0.3 is 15.0 Å². The molecule has 3 nitrogen and oxygen atoms in total. The third-order valence-corrected chi connectivity index (χ3v) is 2.70. The van der Waals surface area contributed by atoms with Gasteiger partial charge in [-0.2, -0.15) is 0 Å². The van der Waals surface area contributed by atoms with Crippen LogP contribution in [0.25, 0.3) is 10.9 Å². The highest BCUT2D eigenvalue weighted by Crippen LogP contribution is 2.31. The second kappa shape index (κ2) is 4.13. The summed E-state index contributed by atoms with van der Waals surface area (Å²) in [6, 6.07) is 3.84. The van der Waals surface area contributed by atoms with Crippen LogP contribution in [-0.4, -0.2) is 19.1 Å². The Labute approximate surface area is 93.4 Å². The van der Waals surface area contributed by atoms with E-state index in [1.165, 1.54) is 5.56 Å². The van der Waals surface area contributed by atoms with Gasteiger partial charge in [0.05, 0.1) is 12.1 Å². The highest BCUT2D eigenvalue weighted by molar-refractivity contribution is 6.32. The number of aromatic nitrogens is 1. The molecule has 1 aromatic heterocycles. The van der Waals surface area contributed by atoms with Crippen LogP contribution < -0.4 is 10.1 Å². The summed E-state index contributed by atoms with van der Waals surface area (Å²) < 4.78 is 5.19. The molecule has 0 aliphatic carbocycles. The maximum Gasteiger partial charge on any atom is 0.138 e. The van der Waals surface area contributed by atoms with Gasteiger partial charge in [-0.15, -0.1) is 0 Å². The standard InChI is InChI=1S/C11H13ClN2O/c1-13-5-7-6-14-10-4-9(12)11(15-2)3-8(7)10/h3-4,6,13-14H,5H2,1-2H3. The van der Waals surface area contributed by atoms with Gasteiger partial charge in [0.25, 0.3) is 0 Å². The number of hydrogen-bond acceptors (Lipinski definition) is 2. The summed E-state index contributed by atoms with van der Waals surface area (Å²) in [5.74, 6) is 0.709. The minimum Gasteiger partial charge on any atom is -0.495 e. The van der Waals surface area contributed by atoms with E-state index in [9.17, 15) is 0 Å². The molecule has 0 bridgehead atoms. The van der Waals surface area contributed by atoms with Gasteiger partial charge in [-0.05, 0) is 24.7 Å². The zero-order valence-corrected chi connectivity index (χ0v) is 9.48. The van der Waals surface area contributed by atoms with Gasteiger partial charge >= 0.3 is 0 Å². The normalized spacial score (nSPS) is 10.9. The smallest absolute Gasteiger partial charge is 0.138 e. The molecule has 0 aliphatic rings. The Balaban J connectivity index is 2.58. The van der Waals surface area contributed by atoms with Gasteiger partial charge in [0.1, 0.15) is 5.75 Å². The number of ether oxygens (including phenoxy) is 1. The van der Waals surface area contributed by atoms with Crippen molar-refractivity contribution >= 4 is 22.5 Å². The average Bonchev–Trinajstić information content (AvgIpc) is 2.60. The summed E-state index contributed by atoms with van der Waals surface area (Å²) in [7, 11) is 3.55. The number of fused-ring (bicyclic) bond motifs is 1. The molecule has 0 radical (unpaired) electrons. The number of nitrogens with one attached hydrogen (secondary N) is 2. The van der Waals surface area contributed by atoms with E-state index in [0.29, 0.717) is 10.8 Å². The zero-order chi connectivity index (χ0) is 10.8. The quantitative estimate of drug-likeness (QED) is 0.841. The number of rotatable bonds is 3. The highest BCUT2D eigenvalue weighted by Gasteiger charge is 2.07. The maximum atomic E-state index is 6.03. The summed E-state index contributed by atoms with van der Waals surface area (Å²) in [6.07, 6.45) is 1.98. The molecule has 2 aromatic rings. The largest absolute Gasteiger partial charge is 0.495 e. The van der Waals surface area contributed by atoms with Gasteiger partial charge in [-0.1, -0.05) is 11.6 Å². The predicted molar refractivity (Wildman–Crippen MR) is 62.6 cm³/mol. The monoisotopic (exact) mass is 224 g/mol. The SMILES string of the molecule is CNCc1c[nH]c2cc(Cl)c(OC)cc12. The number of halogens is 1. The molecular weight excluding hydrogens is 212 g/mol. The maximum absolute atomic E-state index is 6.03. The van der Waals surface area contributed by atoms with Crippen LogP contribution in [0.5, 0.6) is 5.75 Å². The first-order valence-electron chi connectivity index (χ1n) is 4.74. The Bertz CT molecular complexity index is 479. The Morgan fingerprint density at radius 1 is 1.47 bits per heavy atom. The van der Waals surface area contributed by atoms with E-state index in [-0.39, 0.29) is 0 Å². The van der Waals surface area contributed by atoms with E-state index in [1.54, 1.807) is 7.11 Å². The summed E-state index contributed by atoms with van der Waals surface area (Å²) in [4.78, 5) is 3.19. The van der Waals surface area contributed by atoms with Crippen LogP contribution in [0.1, 0.15) is 5.56 Å². The molecule has 0 unspecified atom stereocenters. The van der Waals surface area contributed by atoms with Crippen LogP contribution in [0, 0.1) is 0 Å². The lowest BCUT2D eigenvalue weighted by molar-refractivity contribution is 0.415. The molecule has 2 N–H and O–H groups in total. The van der Waals surface area contributed by atoms with Crippen molar-refractivity contribution in [3.63, 3.8) is 0 Å². The fraction of sp³-hybridized carbons (Fsp3) is 0.273. The van der Waals surface area contributed by atoms with Crippen molar-refractivity contribution in [2.45, 2.75) is 6.54 Å². The number of H-pyrrole nitrogens is 1. The molecule has 0 aliphatic heterocycles. The number of methoxy groups -OCH3 is 1. The van der Waals surface area contributed by atoms with Crippen LogP contribution >= 0.6 is 11.6 Å². The molecule has 0 atom stereocenters. The van der Waals surface area contributed by atoms with Gasteiger partial charge in [-0.3, -0.25) is 0 Å². The van der Waals surface area contributed by atoms with Crippen molar-refractivity contribution in [1.82, 2.24) is 10.3 Å². The van der Waals surface area contributed by atoms with Crippen LogP contribution in [0.15, 0.2) is 18.3 Å². The van der Waals surface area contributed by atoms with Crippen molar-refractivity contribution in [2.75, 3.05) is 14.2 Å². The zero-order valence-electron chi connectivity index (χ0n) is 8.73. The van der Waals surface area contributed by atoms with Gasteiger partial charge in [-0.25, -0.2) is 0 Å². The van der Waals surface area contributed by atoms with Crippen LogP contribution in [-0.2, 0) is 6.54 Å². The van der Waals surface area contributed by atoms with Crippen molar-refractivity contribution in [3.05, 3.63) is 28.9 Å². The molecule has 15 heavy (non-hydrogen) atoms. The molecular formula is C11H13ClN2O. The molecule has 0 amide bonds. The highest BCUT2D eigenvalue weighted by atomic mass is 35.5. The summed E-state index contributed by atoms with van der Waals surface area (Å²) in [6.45, 7) is 0.824. The average molecular weight is 225 g/mol. The summed E-state index contributed by atoms with van der Waals surface area (Å²) in [5, 5.41) is 4.89. The van der Waals surface area contributed by atoms with Gasteiger partial charge in [0.2, 0.25) is 0 Å². The molecule has 0 fully saturated rings. The van der Waals surface area contributed by atoms with Crippen molar-refractivity contribution in [2.24, 2.45) is 0 Å². The first kappa shape index (κ1) is 10.3. The second-order valence-corrected chi connectivity index (χ2v) is 3.78. The van der Waals surface area contributed by atoms with Crippen LogP contribution in [0.3, 0.4) is 0 Å². The fourth-order valence-electron chi connectivity index (χ4n) is 1.67. The van der Waals surface area contributed by atoms with E-state index in [2.05, 4.69) is 10.3 Å². The molecule has 0 saturated heterocycles. The summed E-state index contributed by atoms with van der Waals surface area (Å²) in [5.41, 5.74) is 2.24. The number of benzene rings is 1. The molecule has 80 valence electrons. The van der Waals surface area contributed by atoms with Gasteiger partial charge in [0.15, 0.2) is 0 Å². The third kappa shape index (κ3) is 1.80. The van der Waals surface area contributed by atoms with Crippen LogP contribution in [0.4, 0.5) is 0 Å². The Morgan fingerprint density at radius 2 is 2.27 bits per heavy atom. The van der Waals surface area contributed by atoms with Gasteiger partial charge in [0, 0.05) is 23.6 Å². The third-order valence-electron chi connectivity index (χ3n) is 2.41. The van der Waals surface area contributed by atoms with Crippen molar-refractivity contribution < 1.29 is 4.74 Å².